The van der Waals surface area contributed by atoms with Crippen molar-refractivity contribution in [2.24, 2.45) is 0 Å². The molecule has 0 aromatic heterocycles. The lowest BCUT2D eigenvalue weighted by molar-refractivity contribution is -0.123. The Morgan fingerprint density at radius 3 is 2.40 bits per heavy atom. The second kappa shape index (κ2) is 9.35. The van der Waals surface area contributed by atoms with Gasteiger partial charge in [-0.25, -0.2) is 0 Å². The van der Waals surface area contributed by atoms with Crippen LogP contribution in [-0.4, -0.2) is 26.2 Å². The molecule has 1 heterocycles. The Bertz CT molecular complexity index is 984. The van der Waals surface area contributed by atoms with Crippen molar-refractivity contribution in [3.63, 3.8) is 0 Å². The fourth-order valence-corrected chi connectivity index (χ4v) is 3.63. The fourth-order valence-electron chi connectivity index (χ4n) is 3.63. The molecular weight excluding hydrogens is 376 g/mol. The van der Waals surface area contributed by atoms with Gasteiger partial charge in [0.1, 0.15) is 11.5 Å². The van der Waals surface area contributed by atoms with E-state index in [4.69, 9.17) is 9.47 Å². The molecule has 3 aromatic rings. The van der Waals surface area contributed by atoms with Gasteiger partial charge in [0.2, 0.25) is 0 Å². The van der Waals surface area contributed by atoms with Gasteiger partial charge in [-0.05, 0) is 53.4 Å². The number of hydrogen-bond acceptors (Lipinski definition) is 4. The number of anilines is 1. The zero-order valence-electron chi connectivity index (χ0n) is 17.1. The van der Waals surface area contributed by atoms with Crippen LogP contribution in [0.25, 0.3) is 0 Å². The van der Waals surface area contributed by atoms with E-state index in [-0.39, 0.29) is 12.5 Å². The summed E-state index contributed by atoms with van der Waals surface area (Å²) in [7, 11) is 1.61. The SMILES string of the molecule is COc1ccc(OCC(=O)NCc2ccc(CN3CCc4ccccc43)cc2)cc1. The topological polar surface area (TPSA) is 50.8 Å². The van der Waals surface area contributed by atoms with Crippen LogP contribution in [0.4, 0.5) is 5.69 Å². The summed E-state index contributed by atoms with van der Waals surface area (Å²) in [6.07, 6.45) is 1.11. The van der Waals surface area contributed by atoms with Crippen LogP contribution in [-0.2, 0) is 24.3 Å². The highest BCUT2D eigenvalue weighted by atomic mass is 16.5. The van der Waals surface area contributed by atoms with Gasteiger partial charge in [-0.1, -0.05) is 42.5 Å². The maximum Gasteiger partial charge on any atom is 0.258 e. The van der Waals surface area contributed by atoms with Crippen molar-refractivity contribution in [1.29, 1.82) is 0 Å². The number of fused-ring (bicyclic) bond motifs is 1. The number of para-hydroxylation sites is 1. The molecule has 0 fully saturated rings. The molecule has 0 radical (unpaired) electrons. The molecule has 0 spiro atoms. The molecule has 1 amide bonds. The van der Waals surface area contributed by atoms with Crippen LogP contribution in [0.1, 0.15) is 16.7 Å². The average Bonchev–Trinajstić information content (AvgIpc) is 3.20. The maximum atomic E-state index is 12.1. The van der Waals surface area contributed by atoms with Gasteiger partial charge >= 0.3 is 0 Å². The predicted molar refractivity (Wildman–Crippen MR) is 118 cm³/mol. The first kappa shape index (κ1) is 19.8. The van der Waals surface area contributed by atoms with Crippen LogP contribution in [0.2, 0.25) is 0 Å². The van der Waals surface area contributed by atoms with E-state index in [1.165, 1.54) is 16.8 Å². The molecule has 0 unspecified atom stereocenters. The molecule has 1 N–H and O–H groups in total. The molecule has 5 heteroatoms. The van der Waals surface area contributed by atoms with Gasteiger partial charge < -0.3 is 19.7 Å². The Hall–Kier alpha value is -3.47. The fraction of sp³-hybridized carbons (Fsp3) is 0.240. The van der Waals surface area contributed by atoms with Crippen LogP contribution in [0.3, 0.4) is 0 Å². The number of rotatable bonds is 8. The van der Waals surface area contributed by atoms with Gasteiger partial charge in [-0.2, -0.15) is 0 Å². The highest BCUT2D eigenvalue weighted by molar-refractivity contribution is 5.77. The van der Waals surface area contributed by atoms with E-state index in [1.54, 1.807) is 31.4 Å². The molecule has 1 aliphatic heterocycles. The number of nitrogens with zero attached hydrogens (tertiary/aromatic N) is 1. The van der Waals surface area contributed by atoms with Gasteiger partial charge in [0.25, 0.3) is 5.91 Å². The summed E-state index contributed by atoms with van der Waals surface area (Å²) in [4.78, 5) is 14.5. The number of carbonyl (C=O) groups excluding carboxylic acids is 1. The molecule has 0 saturated carbocycles. The largest absolute Gasteiger partial charge is 0.497 e. The standard InChI is InChI=1S/C25H26N2O3/c1-29-22-10-12-23(13-11-22)30-18-25(28)26-16-19-6-8-20(9-7-19)17-27-15-14-21-4-2-3-5-24(21)27/h2-13H,14-18H2,1H3,(H,26,28). The van der Waals surface area contributed by atoms with Gasteiger partial charge in [0, 0.05) is 25.3 Å². The summed E-state index contributed by atoms with van der Waals surface area (Å²) in [5.74, 6) is 1.24. The monoisotopic (exact) mass is 402 g/mol. The number of carbonyl (C=O) groups is 1. The summed E-state index contributed by atoms with van der Waals surface area (Å²) in [5, 5.41) is 2.90. The van der Waals surface area contributed by atoms with Crippen molar-refractivity contribution in [3.05, 3.63) is 89.5 Å². The number of benzene rings is 3. The van der Waals surface area contributed by atoms with Gasteiger partial charge in [-0.3, -0.25) is 4.79 Å². The molecule has 154 valence electrons. The first-order chi connectivity index (χ1) is 14.7. The van der Waals surface area contributed by atoms with Gasteiger partial charge in [-0.15, -0.1) is 0 Å². The number of methoxy groups -OCH3 is 1. The summed E-state index contributed by atoms with van der Waals surface area (Å²) in [5.41, 5.74) is 5.10. The summed E-state index contributed by atoms with van der Waals surface area (Å²) in [6, 6.07) is 24.2. The molecule has 5 nitrogen and oxygen atoms in total. The Balaban J connectivity index is 1.23. The van der Waals surface area contributed by atoms with E-state index in [9.17, 15) is 4.79 Å². The van der Waals surface area contributed by atoms with E-state index < -0.39 is 0 Å². The smallest absolute Gasteiger partial charge is 0.258 e. The zero-order chi connectivity index (χ0) is 20.8. The molecule has 3 aromatic carbocycles. The third kappa shape index (κ3) is 4.92. The van der Waals surface area contributed by atoms with Crippen molar-refractivity contribution in [3.8, 4) is 11.5 Å². The van der Waals surface area contributed by atoms with Crippen molar-refractivity contribution >= 4 is 11.6 Å². The third-order valence-electron chi connectivity index (χ3n) is 5.30. The first-order valence-corrected chi connectivity index (χ1v) is 10.2. The van der Waals surface area contributed by atoms with Crippen LogP contribution >= 0.6 is 0 Å². The zero-order valence-corrected chi connectivity index (χ0v) is 17.1. The van der Waals surface area contributed by atoms with Crippen molar-refractivity contribution < 1.29 is 14.3 Å². The van der Waals surface area contributed by atoms with E-state index in [1.807, 2.05) is 0 Å². The number of amides is 1. The van der Waals surface area contributed by atoms with Crippen LogP contribution in [0.15, 0.2) is 72.8 Å². The molecule has 0 atom stereocenters. The molecule has 1 aliphatic rings. The van der Waals surface area contributed by atoms with E-state index in [0.29, 0.717) is 12.3 Å². The highest BCUT2D eigenvalue weighted by Crippen LogP contribution is 2.28. The van der Waals surface area contributed by atoms with Crippen molar-refractivity contribution in [2.45, 2.75) is 19.5 Å². The van der Waals surface area contributed by atoms with Gasteiger partial charge in [0.15, 0.2) is 6.61 Å². The summed E-state index contributed by atoms with van der Waals surface area (Å²) >= 11 is 0. The van der Waals surface area contributed by atoms with Crippen LogP contribution in [0, 0.1) is 0 Å². The Morgan fingerprint density at radius 2 is 1.63 bits per heavy atom. The minimum atomic E-state index is -0.149. The van der Waals surface area contributed by atoms with Crippen LogP contribution < -0.4 is 19.7 Å². The molecule has 0 aliphatic carbocycles. The number of nitrogens with one attached hydrogen (secondary N) is 1. The first-order valence-electron chi connectivity index (χ1n) is 10.2. The van der Waals surface area contributed by atoms with E-state index >= 15 is 0 Å². The maximum absolute atomic E-state index is 12.1. The second-order valence-electron chi connectivity index (χ2n) is 7.36. The lowest BCUT2D eigenvalue weighted by atomic mass is 10.1. The summed E-state index contributed by atoms with van der Waals surface area (Å²) in [6.45, 7) is 2.43. The Kier molecular flexibility index (Phi) is 6.18. The summed E-state index contributed by atoms with van der Waals surface area (Å²) < 4.78 is 10.6. The van der Waals surface area contributed by atoms with E-state index in [2.05, 4.69) is 58.7 Å². The molecule has 30 heavy (non-hydrogen) atoms. The van der Waals surface area contributed by atoms with Crippen LogP contribution in [0.5, 0.6) is 11.5 Å². The third-order valence-corrected chi connectivity index (χ3v) is 5.30. The van der Waals surface area contributed by atoms with E-state index in [0.717, 1.165) is 30.8 Å². The Morgan fingerprint density at radius 1 is 0.933 bits per heavy atom. The number of hydrogen-bond donors (Lipinski definition) is 1. The molecular formula is C25H26N2O3. The number of ether oxygens (including phenoxy) is 2. The van der Waals surface area contributed by atoms with Crippen molar-refractivity contribution in [2.75, 3.05) is 25.2 Å². The lowest BCUT2D eigenvalue weighted by Gasteiger charge is -2.19. The lowest BCUT2D eigenvalue weighted by Crippen LogP contribution is -2.28. The minimum absolute atomic E-state index is 0.0151. The van der Waals surface area contributed by atoms with Crippen molar-refractivity contribution in [1.82, 2.24) is 5.32 Å². The predicted octanol–water partition coefficient (Wildman–Crippen LogP) is 3.95. The minimum Gasteiger partial charge on any atom is -0.497 e. The molecule has 0 saturated heterocycles. The quantitative estimate of drug-likeness (QED) is 0.620. The van der Waals surface area contributed by atoms with Gasteiger partial charge in [0.05, 0.1) is 7.11 Å². The average molecular weight is 402 g/mol. The Labute approximate surface area is 177 Å². The highest BCUT2D eigenvalue weighted by Gasteiger charge is 2.18. The normalized spacial score (nSPS) is 12.4. The molecule has 0 bridgehead atoms. The second-order valence-corrected chi connectivity index (χ2v) is 7.36. The molecule has 4 rings (SSSR count).